The lowest BCUT2D eigenvalue weighted by Gasteiger charge is -2.28. The summed E-state index contributed by atoms with van der Waals surface area (Å²) in [4.78, 5) is 23.3. The van der Waals surface area contributed by atoms with Crippen LogP contribution in [0.15, 0.2) is 60.8 Å². The van der Waals surface area contributed by atoms with Crippen LogP contribution in [0, 0.1) is 5.82 Å². The third-order valence-corrected chi connectivity index (χ3v) is 4.61. The highest BCUT2D eigenvalue weighted by Gasteiger charge is 2.22. The molecular formula is C21H19FN4O. The lowest BCUT2D eigenvalue weighted by molar-refractivity contribution is 0.191. The molecule has 0 bridgehead atoms. The van der Waals surface area contributed by atoms with E-state index >= 15 is 0 Å². The van der Waals surface area contributed by atoms with Gasteiger partial charge in [0.25, 0.3) is 0 Å². The molecule has 0 radical (unpaired) electrons. The molecule has 1 aliphatic heterocycles. The largest absolute Gasteiger partial charge is 0.334 e. The van der Waals surface area contributed by atoms with Crippen LogP contribution in [0.4, 0.5) is 9.18 Å². The Balaban J connectivity index is 1.40. The van der Waals surface area contributed by atoms with Crippen LogP contribution in [-0.2, 0) is 19.5 Å². The van der Waals surface area contributed by atoms with E-state index in [0.29, 0.717) is 31.9 Å². The third-order valence-electron chi connectivity index (χ3n) is 4.61. The minimum Gasteiger partial charge on any atom is -0.334 e. The SMILES string of the molecule is O=C(NCc1ccc(F)cc1)N1CCc2nc(-c3ccccc3)ncc2C1. The Labute approximate surface area is 156 Å². The summed E-state index contributed by atoms with van der Waals surface area (Å²) in [6.07, 6.45) is 2.51. The highest BCUT2D eigenvalue weighted by molar-refractivity contribution is 5.74. The predicted octanol–water partition coefficient (Wildman–Crippen LogP) is 3.55. The molecule has 0 saturated heterocycles. The van der Waals surface area contributed by atoms with E-state index in [-0.39, 0.29) is 11.8 Å². The lowest BCUT2D eigenvalue weighted by atomic mass is 10.1. The molecule has 0 fully saturated rings. The topological polar surface area (TPSA) is 58.1 Å². The number of carbonyl (C=O) groups is 1. The van der Waals surface area contributed by atoms with Gasteiger partial charge < -0.3 is 10.2 Å². The highest BCUT2D eigenvalue weighted by Crippen LogP contribution is 2.21. The fourth-order valence-electron chi connectivity index (χ4n) is 3.11. The van der Waals surface area contributed by atoms with Gasteiger partial charge in [0.1, 0.15) is 5.82 Å². The Morgan fingerprint density at radius 1 is 1.11 bits per heavy atom. The van der Waals surface area contributed by atoms with Crippen molar-refractivity contribution in [1.82, 2.24) is 20.2 Å². The predicted molar refractivity (Wildman–Crippen MR) is 100 cm³/mol. The Kier molecular flexibility index (Phi) is 4.78. The van der Waals surface area contributed by atoms with Gasteiger partial charge in [0, 0.05) is 36.8 Å². The van der Waals surface area contributed by atoms with Gasteiger partial charge in [-0.05, 0) is 17.7 Å². The summed E-state index contributed by atoms with van der Waals surface area (Å²) >= 11 is 0. The minimum absolute atomic E-state index is 0.142. The maximum atomic E-state index is 12.9. The second-order valence-corrected chi connectivity index (χ2v) is 6.49. The van der Waals surface area contributed by atoms with Crippen LogP contribution in [0.2, 0.25) is 0 Å². The summed E-state index contributed by atoms with van der Waals surface area (Å²) in [6, 6.07) is 15.8. The van der Waals surface area contributed by atoms with Crippen LogP contribution in [0.1, 0.15) is 16.8 Å². The molecule has 0 unspecified atom stereocenters. The second-order valence-electron chi connectivity index (χ2n) is 6.49. The number of rotatable bonds is 3. The summed E-state index contributed by atoms with van der Waals surface area (Å²) in [5.41, 5.74) is 3.81. The monoisotopic (exact) mass is 362 g/mol. The van der Waals surface area contributed by atoms with Crippen molar-refractivity contribution in [2.75, 3.05) is 6.54 Å². The van der Waals surface area contributed by atoms with Crippen molar-refractivity contribution in [3.63, 3.8) is 0 Å². The molecule has 1 aliphatic rings. The average molecular weight is 362 g/mol. The Hall–Kier alpha value is -3.28. The molecule has 136 valence electrons. The van der Waals surface area contributed by atoms with E-state index in [1.165, 1.54) is 12.1 Å². The summed E-state index contributed by atoms with van der Waals surface area (Å²) in [6.45, 7) is 1.46. The van der Waals surface area contributed by atoms with Crippen molar-refractivity contribution in [3.05, 3.63) is 83.4 Å². The average Bonchev–Trinajstić information content (AvgIpc) is 2.73. The molecule has 0 saturated carbocycles. The maximum Gasteiger partial charge on any atom is 0.317 e. The fourth-order valence-corrected chi connectivity index (χ4v) is 3.11. The first-order chi connectivity index (χ1) is 13.2. The van der Waals surface area contributed by atoms with Crippen LogP contribution in [0.5, 0.6) is 0 Å². The smallest absolute Gasteiger partial charge is 0.317 e. The van der Waals surface area contributed by atoms with Gasteiger partial charge in [-0.3, -0.25) is 0 Å². The van der Waals surface area contributed by atoms with Crippen LogP contribution in [0.25, 0.3) is 11.4 Å². The molecule has 2 amide bonds. The van der Waals surface area contributed by atoms with Crippen LogP contribution in [-0.4, -0.2) is 27.4 Å². The van der Waals surface area contributed by atoms with E-state index in [4.69, 9.17) is 0 Å². The summed E-state index contributed by atoms with van der Waals surface area (Å²) in [7, 11) is 0. The number of hydrogen-bond donors (Lipinski definition) is 1. The van der Waals surface area contributed by atoms with Crippen LogP contribution in [0.3, 0.4) is 0 Å². The number of nitrogens with one attached hydrogen (secondary N) is 1. The van der Waals surface area contributed by atoms with Crippen LogP contribution >= 0.6 is 0 Å². The molecule has 2 aromatic carbocycles. The van der Waals surface area contributed by atoms with E-state index in [2.05, 4.69) is 15.3 Å². The molecule has 1 aromatic heterocycles. The molecule has 0 atom stereocenters. The van der Waals surface area contributed by atoms with Crippen molar-refractivity contribution in [1.29, 1.82) is 0 Å². The van der Waals surface area contributed by atoms with Crippen molar-refractivity contribution in [3.8, 4) is 11.4 Å². The zero-order chi connectivity index (χ0) is 18.6. The Bertz CT molecular complexity index is 944. The number of nitrogens with zero attached hydrogens (tertiary/aromatic N) is 3. The summed E-state index contributed by atoms with van der Waals surface area (Å²) in [5.74, 6) is 0.427. The van der Waals surface area contributed by atoms with Crippen molar-refractivity contribution < 1.29 is 9.18 Å². The van der Waals surface area contributed by atoms with Gasteiger partial charge in [0.15, 0.2) is 5.82 Å². The number of amides is 2. The van der Waals surface area contributed by atoms with Gasteiger partial charge in [-0.15, -0.1) is 0 Å². The van der Waals surface area contributed by atoms with E-state index in [0.717, 1.165) is 22.4 Å². The summed E-state index contributed by atoms with van der Waals surface area (Å²) < 4.78 is 12.9. The molecule has 1 N–H and O–H groups in total. The molecule has 6 heteroatoms. The molecule has 5 nitrogen and oxygen atoms in total. The van der Waals surface area contributed by atoms with Gasteiger partial charge in [0.05, 0.1) is 12.2 Å². The standard InChI is InChI=1S/C21H19FN4O/c22-18-8-6-15(7-9-18)12-24-21(27)26-11-10-19-17(14-26)13-23-20(25-19)16-4-2-1-3-5-16/h1-9,13H,10-12,14H2,(H,24,27). The van der Waals surface area contributed by atoms with E-state index in [1.54, 1.807) is 17.0 Å². The molecule has 0 spiro atoms. The first-order valence-electron chi connectivity index (χ1n) is 8.86. The molecule has 27 heavy (non-hydrogen) atoms. The Morgan fingerprint density at radius 3 is 2.67 bits per heavy atom. The van der Waals surface area contributed by atoms with Crippen LogP contribution < -0.4 is 5.32 Å². The lowest BCUT2D eigenvalue weighted by Crippen LogP contribution is -2.42. The van der Waals surface area contributed by atoms with Gasteiger partial charge in [0.2, 0.25) is 0 Å². The minimum atomic E-state index is -0.285. The number of aromatic nitrogens is 2. The molecule has 0 aliphatic carbocycles. The van der Waals surface area contributed by atoms with Gasteiger partial charge in [-0.2, -0.15) is 0 Å². The van der Waals surface area contributed by atoms with Gasteiger partial charge in [-0.1, -0.05) is 42.5 Å². The fraction of sp³-hybridized carbons (Fsp3) is 0.190. The molecule has 3 aromatic rings. The number of halogens is 1. The summed E-state index contributed by atoms with van der Waals surface area (Å²) in [5, 5.41) is 2.88. The highest BCUT2D eigenvalue weighted by atomic mass is 19.1. The molecule has 4 rings (SSSR count). The molecular weight excluding hydrogens is 343 g/mol. The zero-order valence-electron chi connectivity index (χ0n) is 14.7. The zero-order valence-corrected chi connectivity index (χ0v) is 14.7. The van der Waals surface area contributed by atoms with Crippen molar-refractivity contribution in [2.45, 2.75) is 19.5 Å². The van der Waals surface area contributed by atoms with Gasteiger partial charge >= 0.3 is 6.03 Å². The second kappa shape index (κ2) is 7.53. The number of fused-ring (bicyclic) bond motifs is 1. The van der Waals surface area contributed by atoms with E-state index in [1.807, 2.05) is 36.5 Å². The first-order valence-corrected chi connectivity index (χ1v) is 8.86. The van der Waals surface area contributed by atoms with E-state index < -0.39 is 0 Å². The normalized spacial score (nSPS) is 13.1. The maximum absolute atomic E-state index is 12.9. The third kappa shape index (κ3) is 3.95. The first kappa shape index (κ1) is 17.1. The van der Waals surface area contributed by atoms with E-state index in [9.17, 15) is 9.18 Å². The van der Waals surface area contributed by atoms with Crippen molar-refractivity contribution in [2.24, 2.45) is 0 Å². The number of benzene rings is 2. The number of hydrogen-bond acceptors (Lipinski definition) is 3. The quantitative estimate of drug-likeness (QED) is 0.775. The number of urea groups is 1. The number of carbonyl (C=O) groups excluding carboxylic acids is 1. The molecule has 2 heterocycles. The Morgan fingerprint density at radius 2 is 1.89 bits per heavy atom. The van der Waals surface area contributed by atoms with Gasteiger partial charge in [-0.25, -0.2) is 19.2 Å². The van der Waals surface area contributed by atoms with Crippen molar-refractivity contribution >= 4 is 6.03 Å².